The van der Waals surface area contributed by atoms with E-state index < -0.39 is 0 Å². The van der Waals surface area contributed by atoms with Gasteiger partial charge in [0, 0.05) is 12.0 Å². The maximum atomic E-state index is 11.8. The second kappa shape index (κ2) is 5.31. The van der Waals surface area contributed by atoms with Crippen molar-refractivity contribution in [3.8, 4) is 0 Å². The maximum absolute atomic E-state index is 11.8. The van der Waals surface area contributed by atoms with Gasteiger partial charge in [-0.2, -0.15) is 0 Å². The lowest BCUT2D eigenvalue weighted by Gasteiger charge is -2.27. The third-order valence-corrected chi connectivity index (χ3v) is 4.08. The predicted octanol–water partition coefficient (Wildman–Crippen LogP) is 1.52. The van der Waals surface area contributed by atoms with Crippen LogP contribution in [-0.2, 0) is 4.79 Å². The summed E-state index contributed by atoms with van der Waals surface area (Å²) in [5, 5.41) is 4.89. The lowest BCUT2D eigenvalue weighted by atomic mass is 9.85. The van der Waals surface area contributed by atoms with E-state index in [-0.39, 0.29) is 23.8 Å². The summed E-state index contributed by atoms with van der Waals surface area (Å²) < 4.78 is 0. The van der Waals surface area contributed by atoms with Crippen LogP contribution in [-0.4, -0.2) is 17.9 Å². The Kier molecular flexibility index (Phi) is 3.78. The molecule has 0 aromatic carbocycles. The normalized spacial score (nSPS) is 24.2. The van der Waals surface area contributed by atoms with Crippen molar-refractivity contribution in [3.63, 3.8) is 0 Å². The number of hydrogen-bond donors (Lipinski definition) is 2. The van der Waals surface area contributed by atoms with Gasteiger partial charge >= 0.3 is 0 Å². The average molecular weight is 252 g/mol. The highest BCUT2D eigenvalue weighted by Gasteiger charge is 2.25. The number of nitrogens with two attached hydrogens (primary N) is 1. The first kappa shape index (κ1) is 12.1. The van der Waals surface area contributed by atoms with Gasteiger partial charge in [0.1, 0.15) is 0 Å². The molecule has 0 radical (unpaired) electrons. The number of nitrogens with one attached hydrogen (secondary N) is 1. The Morgan fingerprint density at radius 3 is 2.53 bits per heavy atom. The molecule has 1 aliphatic carbocycles. The SMILES string of the molecule is NC(=O)C1CCC(NC(=O)c2cccs2)CC1. The van der Waals surface area contributed by atoms with E-state index >= 15 is 0 Å². The monoisotopic (exact) mass is 252 g/mol. The molecule has 1 aliphatic rings. The summed E-state index contributed by atoms with van der Waals surface area (Å²) in [6, 6.07) is 3.86. The van der Waals surface area contributed by atoms with Crippen molar-refractivity contribution >= 4 is 23.2 Å². The molecule has 1 saturated carbocycles. The van der Waals surface area contributed by atoms with Crippen LogP contribution in [0.3, 0.4) is 0 Å². The molecular formula is C12H16N2O2S. The van der Waals surface area contributed by atoms with Crippen LogP contribution in [0.4, 0.5) is 0 Å². The van der Waals surface area contributed by atoms with Crippen molar-refractivity contribution in [3.05, 3.63) is 22.4 Å². The summed E-state index contributed by atoms with van der Waals surface area (Å²) in [4.78, 5) is 23.5. The first-order valence-corrected chi connectivity index (χ1v) is 6.68. The van der Waals surface area contributed by atoms with E-state index in [1.807, 2.05) is 17.5 Å². The van der Waals surface area contributed by atoms with Gasteiger partial charge in [0.2, 0.25) is 5.91 Å². The van der Waals surface area contributed by atoms with Crippen molar-refractivity contribution < 1.29 is 9.59 Å². The first-order valence-electron chi connectivity index (χ1n) is 5.80. The zero-order chi connectivity index (χ0) is 12.3. The molecule has 1 heterocycles. The quantitative estimate of drug-likeness (QED) is 0.856. The van der Waals surface area contributed by atoms with Gasteiger partial charge in [-0.25, -0.2) is 0 Å². The fourth-order valence-corrected chi connectivity index (χ4v) is 2.81. The number of amides is 2. The Hall–Kier alpha value is -1.36. The molecule has 3 N–H and O–H groups in total. The van der Waals surface area contributed by atoms with E-state index in [2.05, 4.69) is 5.32 Å². The molecule has 0 saturated heterocycles. The van der Waals surface area contributed by atoms with Crippen molar-refractivity contribution in [1.29, 1.82) is 0 Å². The number of rotatable bonds is 3. The Labute approximate surface area is 104 Å². The molecule has 2 amide bonds. The Bertz CT molecular complexity index is 395. The second-order valence-electron chi connectivity index (χ2n) is 4.40. The van der Waals surface area contributed by atoms with Crippen LogP contribution < -0.4 is 11.1 Å². The van der Waals surface area contributed by atoms with E-state index in [0.29, 0.717) is 0 Å². The highest BCUT2D eigenvalue weighted by atomic mass is 32.1. The summed E-state index contributed by atoms with van der Waals surface area (Å²) in [6.45, 7) is 0. The van der Waals surface area contributed by atoms with E-state index in [0.717, 1.165) is 30.6 Å². The Morgan fingerprint density at radius 2 is 2.00 bits per heavy atom. The van der Waals surface area contributed by atoms with Crippen LogP contribution in [0.1, 0.15) is 35.4 Å². The number of carbonyl (C=O) groups is 2. The standard InChI is InChI=1S/C12H16N2O2S/c13-11(15)8-3-5-9(6-4-8)14-12(16)10-2-1-7-17-10/h1-2,7-9H,3-6H2,(H2,13,15)(H,14,16). The van der Waals surface area contributed by atoms with Crippen LogP contribution in [0.2, 0.25) is 0 Å². The van der Waals surface area contributed by atoms with E-state index in [4.69, 9.17) is 5.73 Å². The first-order chi connectivity index (χ1) is 8.16. The maximum Gasteiger partial charge on any atom is 0.261 e. The number of carbonyl (C=O) groups excluding carboxylic acids is 2. The minimum atomic E-state index is -0.215. The summed E-state index contributed by atoms with van der Waals surface area (Å²) >= 11 is 1.44. The highest BCUT2D eigenvalue weighted by Crippen LogP contribution is 2.24. The lowest BCUT2D eigenvalue weighted by molar-refractivity contribution is -0.122. The van der Waals surface area contributed by atoms with Gasteiger partial charge in [0.25, 0.3) is 5.91 Å². The summed E-state index contributed by atoms with van der Waals surface area (Å²) in [5.74, 6) is -0.236. The molecule has 17 heavy (non-hydrogen) atoms. The minimum Gasteiger partial charge on any atom is -0.369 e. The van der Waals surface area contributed by atoms with Crippen LogP contribution in [0.25, 0.3) is 0 Å². The molecule has 2 rings (SSSR count). The second-order valence-corrected chi connectivity index (χ2v) is 5.35. The topological polar surface area (TPSA) is 72.2 Å². The predicted molar refractivity (Wildman–Crippen MR) is 66.7 cm³/mol. The van der Waals surface area contributed by atoms with Crippen molar-refractivity contribution in [2.45, 2.75) is 31.7 Å². The van der Waals surface area contributed by atoms with Crippen LogP contribution in [0.5, 0.6) is 0 Å². The van der Waals surface area contributed by atoms with Crippen LogP contribution >= 0.6 is 11.3 Å². The Balaban J connectivity index is 1.82. The lowest BCUT2D eigenvalue weighted by Crippen LogP contribution is -2.39. The molecule has 5 heteroatoms. The summed E-state index contributed by atoms with van der Waals surface area (Å²) in [5.41, 5.74) is 5.27. The molecule has 92 valence electrons. The van der Waals surface area contributed by atoms with Crippen LogP contribution in [0.15, 0.2) is 17.5 Å². The van der Waals surface area contributed by atoms with E-state index in [9.17, 15) is 9.59 Å². The van der Waals surface area contributed by atoms with E-state index in [1.54, 1.807) is 0 Å². The van der Waals surface area contributed by atoms with Gasteiger partial charge < -0.3 is 11.1 Å². The fraction of sp³-hybridized carbons (Fsp3) is 0.500. The van der Waals surface area contributed by atoms with Crippen molar-refractivity contribution in [1.82, 2.24) is 5.32 Å². The summed E-state index contributed by atoms with van der Waals surface area (Å²) in [7, 11) is 0. The van der Waals surface area contributed by atoms with Crippen molar-refractivity contribution in [2.75, 3.05) is 0 Å². The van der Waals surface area contributed by atoms with Crippen molar-refractivity contribution in [2.24, 2.45) is 11.7 Å². The fourth-order valence-electron chi connectivity index (χ4n) is 2.19. The van der Waals surface area contributed by atoms with Gasteiger partial charge in [-0.15, -0.1) is 11.3 Å². The molecule has 0 aliphatic heterocycles. The van der Waals surface area contributed by atoms with Gasteiger partial charge in [-0.1, -0.05) is 6.07 Å². The molecule has 0 spiro atoms. The molecule has 1 aromatic heterocycles. The highest BCUT2D eigenvalue weighted by molar-refractivity contribution is 7.12. The third kappa shape index (κ3) is 3.06. The number of primary amides is 1. The molecule has 0 atom stereocenters. The van der Waals surface area contributed by atoms with Gasteiger partial charge in [0.05, 0.1) is 4.88 Å². The molecule has 0 bridgehead atoms. The molecule has 4 nitrogen and oxygen atoms in total. The van der Waals surface area contributed by atoms with Gasteiger partial charge in [-0.05, 0) is 37.1 Å². The van der Waals surface area contributed by atoms with E-state index in [1.165, 1.54) is 11.3 Å². The minimum absolute atomic E-state index is 0.00936. The smallest absolute Gasteiger partial charge is 0.261 e. The third-order valence-electron chi connectivity index (χ3n) is 3.21. The number of thiophene rings is 1. The van der Waals surface area contributed by atoms with Crippen LogP contribution in [0, 0.1) is 5.92 Å². The largest absolute Gasteiger partial charge is 0.369 e. The molecule has 1 aromatic rings. The van der Waals surface area contributed by atoms with Gasteiger partial charge in [0.15, 0.2) is 0 Å². The zero-order valence-electron chi connectivity index (χ0n) is 9.52. The Morgan fingerprint density at radius 1 is 1.29 bits per heavy atom. The summed E-state index contributed by atoms with van der Waals surface area (Å²) in [6.07, 6.45) is 3.24. The number of hydrogen-bond acceptors (Lipinski definition) is 3. The molecule has 1 fully saturated rings. The molecular weight excluding hydrogens is 236 g/mol. The molecule has 0 unspecified atom stereocenters. The average Bonchev–Trinajstić information content (AvgIpc) is 2.83. The van der Waals surface area contributed by atoms with Gasteiger partial charge in [-0.3, -0.25) is 9.59 Å². The zero-order valence-corrected chi connectivity index (χ0v) is 10.3.